The molecular weight excluding hydrogens is 252 g/mol. The number of allylic oxidation sites excluding steroid dienone is 2. The average molecular weight is 265 g/mol. The van der Waals surface area contributed by atoms with E-state index in [0.717, 1.165) is 35.6 Å². The van der Waals surface area contributed by atoms with Gasteiger partial charge in [0.25, 0.3) is 0 Å². The zero-order chi connectivity index (χ0) is 11.8. The van der Waals surface area contributed by atoms with E-state index < -0.39 is 0 Å². The number of ketones is 1. The van der Waals surface area contributed by atoms with Crippen molar-refractivity contribution in [1.29, 1.82) is 0 Å². The Balaban J connectivity index is 2.00. The molecule has 1 aromatic carbocycles. The summed E-state index contributed by atoms with van der Waals surface area (Å²) < 4.78 is 0. The zero-order valence-corrected chi connectivity index (χ0v) is 11.0. The van der Waals surface area contributed by atoms with Gasteiger partial charge in [0.2, 0.25) is 0 Å². The Morgan fingerprint density at radius 1 is 1.29 bits per heavy atom. The van der Waals surface area contributed by atoms with Gasteiger partial charge in [0.15, 0.2) is 5.78 Å². The van der Waals surface area contributed by atoms with Crippen molar-refractivity contribution in [2.75, 3.05) is 5.75 Å². The van der Waals surface area contributed by atoms with Crippen LogP contribution in [0.25, 0.3) is 0 Å². The summed E-state index contributed by atoms with van der Waals surface area (Å²) >= 11 is 7.88. The smallest absolute Gasteiger partial charge is 0.160 e. The van der Waals surface area contributed by atoms with Gasteiger partial charge in [-0.1, -0.05) is 23.7 Å². The normalized spacial score (nSPS) is 24.1. The summed E-state index contributed by atoms with van der Waals surface area (Å²) in [5.41, 5.74) is 2.26. The first-order valence-corrected chi connectivity index (χ1v) is 7.26. The molecule has 1 atom stereocenters. The third kappa shape index (κ3) is 2.04. The van der Waals surface area contributed by atoms with Gasteiger partial charge in [-0.15, -0.1) is 11.8 Å². The lowest BCUT2D eigenvalue weighted by Gasteiger charge is -2.17. The molecule has 17 heavy (non-hydrogen) atoms. The molecule has 0 fully saturated rings. The molecule has 0 aromatic heterocycles. The Kier molecular flexibility index (Phi) is 3.01. The fraction of sp³-hybridized carbons (Fsp3) is 0.357. The first-order valence-electron chi connectivity index (χ1n) is 5.90. The molecule has 3 heteroatoms. The van der Waals surface area contributed by atoms with Gasteiger partial charge in [-0.3, -0.25) is 4.79 Å². The Bertz CT molecular complexity index is 507. The standard InChI is InChI=1S/C14H13ClOS/c15-10-4-1-3-9(7-10)11-8-17-13-6-2-5-12(16)14(11)13/h1,3-4,7,11H,2,5-6,8H2. The minimum atomic E-state index is 0.265. The monoisotopic (exact) mass is 264 g/mol. The summed E-state index contributed by atoms with van der Waals surface area (Å²) in [6.45, 7) is 0. The summed E-state index contributed by atoms with van der Waals surface area (Å²) in [7, 11) is 0. The second kappa shape index (κ2) is 4.51. The Labute approximate surface area is 110 Å². The number of hydrogen-bond donors (Lipinski definition) is 0. The molecule has 2 aliphatic rings. The van der Waals surface area contributed by atoms with Crippen molar-refractivity contribution in [3.05, 3.63) is 45.3 Å². The molecule has 3 rings (SSSR count). The van der Waals surface area contributed by atoms with Crippen LogP contribution in [-0.4, -0.2) is 11.5 Å². The SMILES string of the molecule is O=C1CCCC2=C1C(c1cccc(Cl)c1)CS2. The molecular formula is C14H13ClOS. The maximum absolute atomic E-state index is 12.0. The third-order valence-corrected chi connectivity index (χ3v) is 4.94. The van der Waals surface area contributed by atoms with E-state index >= 15 is 0 Å². The van der Waals surface area contributed by atoms with Gasteiger partial charge < -0.3 is 0 Å². The first kappa shape index (κ1) is 11.4. The summed E-state index contributed by atoms with van der Waals surface area (Å²) in [5.74, 6) is 1.61. The fourth-order valence-electron chi connectivity index (χ4n) is 2.63. The van der Waals surface area contributed by atoms with Crippen LogP contribution >= 0.6 is 23.4 Å². The van der Waals surface area contributed by atoms with Crippen molar-refractivity contribution >= 4 is 29.1 Å². The van der Waals surface area contributed by atoms with Gasteiger partial charge in [-0.05, 0) is 35.4 Å². The Morgan fingerprint density at radius 2 is 2.18 bits per heavy atom. The predicted molar refractivity (Wildman–Crippen MR) is 72.5 cm³/mol. The van der Waals surface area contributed by atoms with Crippen LogP contribution in [0.1, 0.15) is 30.7 Å². The van der Waals surface area contributed by atoms with Gasteiger partial charge >= 0.3 is 0 Å². The molecule has 0 bridgehead atoms. The van der Waals surface area contributed by atoms with Gasteiger partial charge in [-0.2, -0.15) is 0 Å². The maximum atomic E-state index is 12.0. The van der Waals surface area contributed by atoms with Gasteiger partial charge in [0.1, 0.15) is 0 Å². The largest absolute Gasteiger partial charge is 0.295 e. The molecule has 0 N–H and O–H groups in total. The molecule has 0 radical (unpaired) electrons. The van der Waals surface area contributed by atoms with Crippen LogP contribution in [0.15, 0.2) is 34.7 Å². The molecule has 1 aromatic rings. The number of benzene rings is 1. The lowest BCUT2D eigenvalue weighted by atomic mass is 9.85. The maximum Gasteiger partial charge on any atom is 0.160 e. The van der Waals surface area contributed by atoms with Crippen molar-refractivity contribution in [2.24, 2.45) is 0 Å². The minimum absolute atomic E-state index is 0.265. The van der Waals surface area contributed by atoms with Gasteiger partial charge in [0.05, 0.1) is 0 Å². The van der Waals surface area contributed by atoms with E-state index in [0.29, 0.717) is 5.78 Å². The quantitative estimate of drug-likeness (QED) is 0.757. The second-order valence-corrected chi connectivity index (χ2v) is 6.08. The van der Waals surface area contributed by atoms with Crippen LogP contribution in [-0.2, 0) is 4.79 Å². The molecule has 0 saturated carbocycles. The molecule has 1 nitrogen and oxygen atoms in total. The number of rotatable bonds is 1. The van der Waals surface area contributed by atoms with E-state index in [1.807, 2.05) is 30.0 Å². The fourth-order valence-corrected chi connectivity index (χ4v) is 4.25. The van der Waals surface area contributed by atoms with Crippen molar-refractivity contribution in [3.8, 4) is 0 Å². The van der Waals surface area contributed by atoms with Crippen LogP contribution in [0.3, 0.4) is 0 Å². The van der Waals surface area contributed by atoms with E-state index in [1.54, 1.807) is 0 Å². The second-order valence-electron chi connectivity index (χ2n) is 4.53. The summed E-state index contributed by atoms with van der Waals surface area (Å²) in [6.07, 6.45) is 2.83. The van der Waals surface area contributed by atoms with E-state index in [9.17, 15) is 4.79 Å². The van der Waals surface area contributed by atoms with Crippen molar-refractivity contribution in [3.63, 3.8) is 0 Å². The van der Waals surface area contributed by atoms with E-state index in [2.05, 4.69) is 6.07 Å². The topological polar surface area (TPSA) is 17.1 Å². The van der Waals surface area contributed by atoms with E-state index in [-0.39, 0.29) is 5.92 Å². The number of carbonyl (C=O) groups is 1. The molecule has 0 saturated heterocycles. The summed E-state index contributed by atoms with van der Waals surface area (Å²) in [5, 5.41) is 0.754. The average Bonchev–Trinajstić information content (AvgIpc) is 2.74. The zero-order valence-electron chi connectivity index (χ0n) is 9.41. The lowest BCUT2D eigenvalue weighted by Crippen LogP contribution is -2.14. The summed E-state index contributed by atoms with van der Waals surface area (Å²) in [6, 6.07) is 7.92. The highest BCUT2D eigenvalue weighted by Gasteiger charge is 2.33. The highest BCUT2D eigenvalue weighted by Crippen LogP contribution is 2.47. The molecule has 1 heterocycles. The van der Waals surface area contributed by atoms with Crippen molar-refractivity contribution in [2.45, 2.75) is 25.2 Å². The van der Waals surface area contributed by atoms with Crippen molar-refractivity contribution in [1.82, 2.24) is 0 Å². The van der Waals surface area contributed by atoms with Crippen molar-refractivity contribution < 1.29 is 4.79 Å². The van der Waals surface area contributed by atoms with E-state index in [4.69, 9.17) is 11.6 Å². The van der Waals surface area contributed by atoms with Crippen LogP contribution in [0, 0.1) is 0 Å². The Morgan fingerprint density at radius 3 is 3.00 bits per heavy atom. The number of Topliss-reactive ketones (excluding diaryl/α,β-unsaturated/α-hetero) is 1. The van der Waals surface area contributed by atoms with Crippen LogP contribution in [0.5, 0.6) is 0 Å². The number of thioether (sulfide) groups is 1. The summed E-state index contributed by atoms with van der Waals surface area (Å²) in [4.78, 5) is 13.4. The third-order valence-electron chi connectivity index (χ3n) is 3.43. The van der Waals surface area contributed by atoms with Gasteiger partial charge in [0, 0.05) is 28.7 Å². The van der Waals surface area contributed by atoms with Crippen LogP contribution in [0.2, 0.25) is 5.02 Å². The Hall–Kier alpha value is -0.730. The van der Waals surface area contributed by atoms with Gasteiger partial charge in [-0.25, -0.2) is 0 Å². The number of carbonyl (C=O) groups excluding carboxylic acids is 1. The van der Waals surface area contributed by atoms with Crippen LogP contribution in [0.4, 0.5) is 0 Å². The minimum Gasteiger partial charge on any atom is -0.295 e. The van der Waals surface area contributed by atoms with E-state index in [1.165, 1.54) is 10.5 Å². The molecule has 1 aliphatic heterocycles. The first-order chi connectivity index (χ1) is 8.25. The number of halogens is 1. The van der Waals surface area contributed by atoms with Crippen LogP contribution < -0.4 is 0 Å². The molecule has 1 aliphatic carbocycles. The number of hydrogen-bond acceptors (Lipinski definition) is 2. The highest BCUT2D eigenvalue weighted by molar-refractivity contribution is 8.03. The predicted octanol–water partition coefficient (Wildman–Crippen LogP) is 4.18. The highest BCUT2D eigenvalue weighted by atomic mass is 35.5. The molecule has 0 spiro atoms. The lowest BCUT2D eigenvalue weighted by molar-refractivity contribution is -0.116. The molecule has 0 amide bonds. The molecule has 1 unspecified atom stereocenters. The molecule has 88 valence electrons.